The highest BCUT2D eigenvalue weighted by molar-refractivity contribution is 6.36. The molecule has 0 bridgehead atoms. The summed E-state index contributed by atoms with van der Waals surface area (Å²) in [6.07, 6.45) is 10.8. The Kier molecular flexibility index (Phi) is 10.4. The number of carbonyl (C=O) groups is 2. The number of ether oxygens (including phenoxy) is 1. The van der Waals surface area contributed by atoms with E-state index < -0.39 is 0 Å². The lowest BCUT2D eigenvalue weighted by atomic mass is 9.95. The predicted molar refractivity (Wildman–Crippen MR) is 192 cm³/mol. The number of likely N-dealkylation sites (tertiary alicyclic amines) is 1. The maximum atomic E-state index is 12.6. The third kappa shape index (κ3) is 6.96. The standard InChI is InChI=1S/C34H41ClN6O2.C3H7NO/c1-3-8-30(42)40-19-13-25(21-40)38(2)32-26-14-20-39(29-12-5-10-24-9-4-11-27(35)31(24)29)22-28(26)36-33(37-32)43-23-34-15-6-17-41(34)18-7-16-34;1-4(2)3-5/h3-5,8-12,25H,6-7,13-23H2,1-2H3;3H,1-2H3/b8-3+;. The first-order valence-corrected chi connectivity index (χ1v) is 17.6. The summed E-state index contributed by atoms with van der Waals surface area (Å²) < 4.78 is 6.53. The van der Waals surface area contributed by atoms with E-state index in [1.807, 2.05) is 30.0 Å². The Bertz CT molecular complexity index is 1650. The zero-order valence-corrected chi connectivity index (χ0v) is 29.5. The lowest BCUT2D eigenvalue weighted by Gasteiger charge is -2.35. The van der Waals surface area contributed by atoms with Crippen molar-refractivity contribution in [2.75, 3.05) is 70.3 Å². The van der Waals surface area contributed by atoms with E-state index in [2.05, 4.69) is 46.0 Å². The van der Waals surface area contributed by atoms with Gasteiger partial charge in [-0.1, -0.05) is 41.9 Å². The lowest BCUT2D eigenvalue weighted by Crippen LogP contribution is -2.44. The fourth-order valence-corrected chi connectivity index (χ4v) is 8.11. The fourth-order valence-electron chi connectivity index (χ4n) is 7.83. The summed E-state index contributed by atoms with van der Waals surface area (Å²) in [4.78, 5) is 42.8. The minimum absolute atomic E-state index is 0.0773. The van der Waals surface area contributed by atoms with E-state index in [1.165, 1.54) is 36.1 Å². The third-order valence-corrected chi connectivity index (χ3v) is 10.7. The van der Waals surface area contributed by atoms with Gasteiger partial charge in [0, 0.05) is 63.5 Å². The van der Waals surface area contributed by atoms with Gasteiger partial charge in [0.2, 0.25) is 12.3 Å². The van der Waals surface area contributed by atoms with Crippen LogP contribution in [0.15, 0.2) is 48.6 Å². The minimum atomic E-state index is 0.0773. The summed E-state index contributed by atoms with van der Waals surface area (Å²) in [6, 6.07) is 13.1. The minimum Gasteiger partial charge on any atom is -0.461 e. The van der Waals surface area contributed by atoms with Gasteiger partial charge >= 0.3 is 6.01 Å². The zero-order valence-electron chi connectivity index (χ0n) is 28.7. The molecular weight excluding hydrogens is 626 g/mol. The number of allylic oxidation sites excluding steroid dienone is 1. The summed E-state index contributed by atoms with van der Waals surface area (Å²) in [5.41, 5.74) is 3.44. The van der Waals surface area contributed by atoms with Crippen LogP contribution in [0.5, 0.6) is 6.01 Å². The number of rotatable bonds is 8. The number of nitrogens with zero attached hydrogens (tertiary/aromatic N) is 7. The van der Waals surface area contributed by atoms with Gasteiger partial charge in [-0.05, 0) is 82.1 Å². The number of carbonyl (C=O) groups excluding carboxylic acids is 2. The average molecular weight is 674 g/mol. The Morgan fingerprint density at radius 1 is 1.06 bits per heavy atom. The van der Waals surface area contributed by atoms with E-state index in [9.17, 15) is 9.59 Å². The summed E-state index contributed by atoms with van der Waals surface area (Å²) in [7, 11) is 5.49. The lowest BCUT2D eigenvalue weighted by molar-refractivity contribution is -0.125. The maximum Gasteiger partial charge on any atom is 0.318 e. The molecule has 5 heterocycles. The van der Waals surface area contributed by atoms with Crippen molar-refractivity contribution in [3.8, 4) is 6.01 Å². The molecule has 2 aromatic carbocycles. The molecule has 3 aromatic rings. The Labute approximate surface area is 289 Å². The molecule has 3 saturated heterocycles. The predicted octanol–water partition coefficient (Wildman–Crippen LogP) is 5.17. The molecule has 7 rings (SSSR count). The first-order chi connectivity index (χ1) is 23.2. The van der Waals surface area contributed by atoms with Crippen LogP contribution in [-0.2, 0) is 22.6 Å². The van der Waals surface area contributed by atoms with Gasteiger partial charge in [-0.3, -0.25) is 14.5 Å². The molecule has 4 aliphatic heterocycles. The molecular formula is C37H48ClN7O3. The largest absolute Gasteiger partial charge is 0.461 e. The van der Waals surface area contributed by atoms with Crippen LogP contribution >= 0.6 is 11.6 Å². The number of amides is 2. The monoisotopic (exact) mass is 673 g/mol. The second-order valence-electron chi connectivity index (χ2n) is 13.7. The van der Waals surface area contributed by atoms with Gasteiger partial charge in [0.25, 0.3) is 0 Å². The van der Waals surface area contributed by atoms with Gasteiger partial charge in [0.15, 0.2) is 0 Å². The number of benzene rings is 2. The summed E-state index contributed by atoms with van der Waals surface area (Å²) in [6.45, 7) is 7.79. The molecule has 1 atom stereocenters. The van der Waals surface area contributed by atoms with Gasteiger partial charge in [-0.2, -0.15) is 9.97 Å². The van der Waals surface area contributed by atoms with Crippen molar-refractivity contribution in [1.29, 1.82) is 0 Å². The molecule has 0 radical (unpaired) electrons. The number of likely N-dealkylation sites (N-methyl/N-ethyl adjacent to an activating group) is 1. The molecule has 0 aliphatic carbocycles. The van der Waals surface area contributed by atoms with E-state index in [-0.39, 0.29) is 17.5 Å². The number of hydrogen-bond acceptors (Lipinski definition) is 8. The van der Waals surface area contributed by atoms with E-state index >= 15 is 0 Å². The molecule has 0 N–H and O–H groups in total. The molecule has 48 heavy (non-hydrogen) atoms. The first kappa shape index (κ1) is 34.0. The van der Waals surface area contributed by atoms with Crippen LogP contribution < -0.4 is 14.5 Å². The van der Waals surface area contributed by atoms with Crippen molar-refractivity contribution in [2.24, 2.45) is 0 Å². The van der Waals surface area contributed by atoms with Crippen molar-refractivity contribution >= 4 is 46.2 Å². The van der Waals surface area contributed by atoms with E-state index in [0.29, 0.717) is 25.7 Å². The summed E-state index contributed by atoms with van der Waals surface area (Å²) in [5.74, 6) is 1.02. The van der Waals surface area contributed by atoms with E-state index in [4.69, 9.17) is 26.3 Å². The van der Waals surface area contributed by atoms with Gasteiger partial charge in [0.05, 0.1) is 22.8 Å². The van der Waals surface area contributed by atoms with Crippen LogP contribution in [0.25, 0.3) is 10.8 Å². The Morgan fingerprint density at radius 2 is 1.79 bits per heavy atom. The molecule has 0 spiro atoms. The van der Waals surface area contributed by atoms with Gasteiger partial charge in [0.1, 0.15) is 12.4 Å². The highest BCUT2D eigenvalue weighted by Crippen LogP contribution is 2.40. The van der Waals surface area contributed by atoms with Crippen LogP contribution in [0.2, 0.25) is 5.02 Å². The number of aromatic nitrogens is 2. The smallest absolute Gasteiger partial charge is 0.318 e. The number of hydrogen-bond donors (Lipinski definition) is 0. The van der Waals surface area contributed by atoms with Crippen molar-refractivity contribution in [2.45, 2.75) is 63.6 Å². The second-order valence-corrected chi connectivity index (χ2v) is 14.1. The Hall–Kier alpha value is -3.89. The maximum absolute atomic E-state index is 12.6. The van der Waals surface area contributed by atoms with Crippen molar-refractivity contribution in [3.63, 3.8) is 0 Å². The topological polar surface area (TPSA) is 85.3 Å². The molecule has 3 fully saturated rings. The van der Waals surface area contributed by atoms with Gasteiger partial charge < -0.3 is 24.3 Å². The number of halogens is 1. The molecule has 4 aliphatic rings. The molecule has 2 amide bonds. The third-order valence-electron chi connectivity index (χ3n) is 10.4. The van der Waals surface area contributed by atoms with Crippen LogP contribution in [0.3, 0.4) is 0 Å². The quantitative estimate of drug-likeness (QED) is 0.239. The first-order valence-electron chi connectivity index (χ1n) is 17.2. The molecule has 0 saturated carbocycles. The van der Waals surface area contributed by atoms with Gasteiger partial charge in [-0.25, -0.2) is 0 Å². The van der Waals surface area contributed by atoms with Crippen molar-refractivity contribution < 1.29 is 14.3 Å². The van der Waals surface area contributed by atoms with E-state index in [1.54, 1.807) is 20.2 Å². The van der Waals surface area contributed by atoms with Crippen LogP contribution in [0.1, 0.15) is 50.3 Å². The molecule has 1 unspecified atom stereocenters. The normalized spacial score (nSPS) is 20.0. The van der Waals surface area contributed by atoms with Crippen molar-refractivity contribution in [1.82, 2.24) is 24.7 Å². The SMILES string of the molecule is C/C=C/C(=O)N1CCC(N(C)c2nc(OCC34CCCN3CCC4)nc3c2CCN(c2cccc4cccc(Cl)c24)C3)C1.CN(C)C=O. The van der Waals surface area contributed by atoms with Crippen LogP contribution in [-0.4, -0.2) is 109 Å². The Morgan fingerprint density at radius 3 is 2.50 bits per heavy atom. The summed E-state index contributed by atoms with van der Waals surface area (Å²) in [5, 5.41) is 2.98. The Balaban J connectivity index is 0.000000749. The van der Waals surface area contributed by atoms with E-state index in [0.717, 1.165) is 78.4 Å². The van der Waals surface area contributed by atoms with Gasteiger partial charge in [-0.15, -0.1) is 0 Å². The average Bonchev–Trinajstić information content (AvgIpc) is 3.84. The zero-order chi connectivity index (χ0) is 33.8. The number of fused-ring (bicyclic) bond motifs is 3. The second kappa shape index (κ2) is 14.7. The van der Waals surface area contributed by atoms with Crippen LogP contribution in [0.4, 0.5) is 11.5 Å². The molecule has 1 aromatic heterocycles. The van der Waals surface area contributed by atoms with Crippen LogP contribution in [0, 0.1) is 0 Å². The summed E-state index contributed by atoms with van der Waals surface area (Å²) >= 11 is 6.73. The fraction of sp³-hybridized carbons (Fsp3) is 0.514. The molecule has 10 nitrogen and oxygen atoms in total. The van der Waals surface area contributed by atoms with Crippen molar-refractivity contribution in [3.05, 3.63) is 64.8 Å². The molecule has 256 valence electrons. The molecule has 11 heteroatoms. The highest BCUT2D eigenvalue weighted by atomic mass is 35.5. The number of anilines is 2. The highest BCUT2D eigenvalue weighted by Gasteiger charge is 2.45.